The number of H-pyrrole nitrogens is 1. The van der Waals surface area contributed by atoms with Gasteiger partial charge in [0.2, 0.25) is 0 Å². The largest absolute Gasteiger partial charge is 0.350 e. The van der Waals surface area contributed by atoms with Crippen LogP contribution >= 0.6 is 31.9 Å². The quantitative estimate of drug-likeness (QED) is 0.866. The highest BCUT2D eigenvalue weighted by Crippen LogP contribution is 2.22. The number of hydrogen-bond donors (Lipinski definition) is 2. The molecule has 0 saturated heterocycles. The van der Waals surface area contributed by atoms with E-state index in [0.29, 0.717) is 12.2 Å². The molecular formula is C12H11Br2N3O. The van der Waals surface area contributed by atoms with E-state index in [2.05, 4.69) is 47.1 Å². The van der Waals surface area contributed by atoms with Crippen molar-refractivity contribution in [1.29, 1.82) is 0 Å². The van der Waals surface area contributed by atoms with Gasteiger partial charge in [-0.25, -0.2) is 0 Å². The Hall–Kier alpha value is -1.14. The molecule has 0 aliphatic carbocycles. The minimum atomic E-state index is -0.127. The van der Waals surface area contributed by atoms with Crippen molar-refractivity contribution in [3.8, 4) is 0 Å². The molecule has 0 aromatic carbocycles. The molecule has 0 radical (unpaired) electrons. The third kappa shape index (κ3) is 3.43. The molecule has 2 N–H and O–H groups in total. The predicted octanol–water partition coefficient (Wildman–Crippen LogP) is 2.91. The van der Waals surface area contributed by atoms with Crippen molar-refractivity contribution in [3.63, 3.8) is 0 Å². The van der Waals surface area contributed by atoms with Gasteiger partial charge in [0.25, 0.3) is 5.91 Å². The zero-order chi connectivity index (χ0) is 13.0. The molecule has 94 valence electrons. The Bertz CT molecular complexity index is 520. The van der Waals surface area contributed by atoms with Crippen LogP contribution in [0.5, 0.6) is 0 Å². The molecule has 0 bridgehead atoms. The summed E-state index contributed by atoms with van der Waals surface area (Å²) >= 11 is 6.62. The monoisotopic (exact) mass is 371 g/mol. The van der Waals surface area contributed by atoms with Gasteiger partial charge in [-0.2, -0.15) is 0 Å². The molecule has 0 saturated carbocycles. The van der Waals surface area contributed by atoms with Gasteiger partial charge in [0.05, 0.1) is 9.08 Å². The molecule has 2 rings (SSSR count). The average Bonchev–Trinajstić information content (AvgIpc) is 2.71. The molecule has 0 atom stereocenters. The number of hydrogen-bond acceptors (Lipinski definition) is 2. The fraction of sp³-hybridized carbons (Fsp3) is 0.167. The molecule has 4 nitrogen and oxygen atoms in total. The maximum atomic E-state index is 11.8. The van der Waals surface area contributed by atoms with E-state index in [1.165, 1.54) is 0 Å². The number of nitrogens with zero attached hydrogens (tertiary/aromatic N) is 1. The molecule has 0 aliphatic heterocycles. The summed E-state index contributed by atoms with van der Waals surface area (Å²) in [5.41, 5.74) is 1.49. The first-order valence-corrected chi connectivity index (χ1v) is 6.97. The summed E-state index contributed by atoms with van der Waals surface area (Å²) in [6, 6.07) is 7.48. The Morgan fingerprint density at radius 1 is 1.39 bits per heavy atom. The van der Waals surface area contributed by atoms with E-state index in [9.17, 15) is 4.79 Å². The van der Waals surface area contributed by atoms with Crippen molar-refractivity contribution in [3.05, 3.63) is 50.9 Å². The average molecular weight is 373 g/mol. The maximum Gasteiger partial charge on any atom is 0.267 e. The van der Waals surface area contributed by atoms with Crippen molar-refractivity contribution < 1.29 is 4.79 Å². The number of halogens is 2. The molecule has 1 amide bonds. The molecule has 0 spiro atoms. The van der Waals surface area contributed by atoms with E-state index in [1.54, 1.807) is 12.3 Å². The Kier molecular flexibility index (Phi) is 4.54. The maximum absolute atomic E-state index is 11.8. The van der Waals surface area contributed by atoms with Gasteiger partial charge in [-0.3, -0.25) is 9.78 Å². The summed E-state index contributed by atoms with van der Waals surface area (Å²) in [5.74, 6) is -0.127. The Balaban J connectivity index is 1.85. The van der Waals surface area contributed by atoms with Crippen molar-refractivity contribution in [2.24, 2.45) is 0 Å². The second-order valence-electron chi connectivity index (χ2n) is 3.67. The van der Waals surface area contributed by atoms with Gasteiger partial charge >= 0.3 is 0 Å². The number of aromatic amines is 1. The fourth-order valence-corrected chi connectivity index (χ4v) is 2.13. The van der Waals surface area contributed by atoms with Gasteiger partial charge in [0.1, 0.15) is 5.69 Å². The number of carbonyl (C=O) groups excluding carboxylic acids is 1. The van der Waals surface area contributed by atoms with Gasteiger partial charge in [-0.1, -0.05) is 6.07 Å². The third-order valence-corrected chi connectivity index (χ3v) is 4.15. The predicted molar refractivity (Wildman–Crippen MR) is 76.5 cm³/mol. The minimum Gasteiger partial charge on any atom is -0.350 e. The lowest BCUT2D eigenvalue weighted by molar-refractivity contribution is 0.0949. The number of pyridine rings is 1. The topological polar surface area (TPSA) is 57.8 Å². The molecule has 0 fully saturated rings. The Morgan fingerprint density at radius 3 is 2.83 bits per heavy atom. The summed E-state index contributed by atoms with van der Waals surface area (Å²) in [6.07, 6.45) is 2.46. The summed E-state index contributed by atoms with van der Waals surface area (Å²) < 4.78 is 1.59. The van der Waals surface area contributed by atoms with Crippen LogP contribution in [0.4, 0.5) is 0 Å². The third-order valence-electron chi connectivity index (χ3n) is 2.36. The van der Waals surface area contributed by atoms with Gasteiger partial charge < -0.3 is 10.3 Å². The standard InChI is InChI=1S/C12H11Br2N3O/c13-9-7-10(17-11(9)14)12(18)16-6-4-8-3-1-2-5-15-8/h1-3,5,7,17H,4,6H2,(H,16,18). The SMILES string of the molecule is O=C(NCCc1ccccn1)c1cc(Br)c(Br)[nH]1. The second kappa shape index (κ2) is 6.15. The van der Waals surface area contributed by atoms with E-state index in [4.69, 9.17) is 0 Å². The van der Waals surface area contributed by atoms with E-state index >= 15 is 0 Å². The van der Waals surface area contributed by atoms with Crippen LogP contribution in [-0.2, 0) is 6.42 Å². The van der Waals surface area contributed by atoms with Crippen molar-refractivity contribution >= 4 is 37.8 Å². The van der Waals surface area contributed by atoms with Crippen molar-refractivity contribution in [2.75, 3.05) is 6.54 Å². The van der Waals surface area contributed by atoms with Crippen LogP contribution in [0.1, 0.15) is 16.2 Å². The highest BCUT2D eigenvalue weighted by atomic mass is 79.9. The molecule has 6 heteroatoms. The number of nitrogens with one attached hydrogen (secondary N) is 2. The van der Waals surface area contributed by atoms with Gasteiger partial charge in [-0.15, -0.1) is 0 Å². The molecule has 2 aromatic heterocycles. The van der Waals surface area contributed by atoms with Crippen LogP contribution in [0.2, 0.25) is 0 Å². The summed E-state index contributed by atoms with van der Waals surface area (Å²) in [6.45, 7) is 0.560. The molecular weight excluding hydrogens is 362 g/mol. The van der Waals surface area contributed by atoms with Gasteiger partial charge in [0.15, 0.2) is 0 Å². The van der Waals surface area contributed by atoms with E-state index in [-0.39, 0.29) is 5.91 Å². The number of amides is 1. The lowest BCUT2D eigenvalue weighted by atomic mass is 10.2. The highest BCUT2D eigenvalue weighted by molar-refractivity contribution is 9.13. The van der Waals surface area contributed by atoms with Crippen LogP contribution in [0.3, 0.4) is 0 Å². The van der Waals surface area contributed by atoms with Crippen molar-refractivity contribution in [1.82, 2.24) is 15.3 Å². The molecule has 2 aromatic rings. The summed E-state index contributed by atoms with van der Waals surface area (Å²) in [5, 5.41) is 2.84. The Labute approximate surface area is 121 Å². The molecule has 0 unspecified atom stereocenters. The van der Waals surface area contributed by atoms with Gasteiger partial charge in [0, 0.05) is 24.9 Å². The lowest BCUT2D eigenvalue weighted by Crippen LogP contribution is -2.26. The number of carbonyl (C=O) groups is 1. The van der Waals surface area contributed by atoms with E-state index < -0.39 is 0 Å². The highest BCUT2D eigenvalue weighted by Gasteiger charge is 2.10. The van der Waals surface area contributed by atoms with Crippen LogP contribution in [0.15, 0.2) is 39.5 Å². The lowest BCUT2D eigenvalue weighted by Gasteiger charge is -2.03. The number of aromatic nitrogens is 2. The molecule has 2 heterocycles. The molecule has 0 aliphatic rings. The van der Waals surface area contributed by atoms with Crippen molar-refractivity contribution in [2.45, 2.75) is 6.42 Å². The van der Waals surface area contributed by atoms with Crippen LogP contribution in [0, 0.1) is 0 Å². The summed E-state index contributed by atoms with van der Waals surface area (Å²) in [7, 11) is 0. The number of rotatable bonds is 4. The van der Waals surface area contributed by atoms with Crippen LogP contribution in [-0.4, -0.2) is 22.4 Å². The Morgan fingerprint density at radius 2 is 2.22 bits per heavy atom. The fourth-order valence-electron chi connectivity index (χ4n) is 1.47. The van der Waals surface area contributed by atoms with E-state index in [0.717, 1.165) is 21.2 Å². The second-order valence-corrected chi connectivity index (χ2v) is 5.32. The normalized spacial score (nSPS) is 10.3. The zero-order valence-electron chi connectivity index (χ0n) is 9.41. The first kappa shape index (κ1) is 13.3. The van der Waals surface area contributed by atoms with Crippen LogP contribution in [0.25, 0.3) is 0 Å². The zero-order valence-corrected chi connectivity index (χ0v) is 12.6. The van der Waals surface area contributed by atoms with E-state index in [1.807, 2.05) is 18.2 Å². The smallest absolute Gasteiger partial charge is 0.267 e. The van der Waals surface area contributed by atoms with Gasteiger partial charge in [-0.05, 0) is 50.1 Å². The molecule has 18 heavy (non-hydrogen) atoms. The first-order chi connectivity index (χ1) is 8.66. The van der Waals surface area contributed by atoms with Crippen LogP contribution < -0.4 is 5.32 Å². The first-order valence-electron chi connectivity index (χ1n) is 5.39. The minimum absolute atomic E-state index is 0.127. The summed E-state index contributed by atoms with van der Waals surface area (Å²) in [4.78, 5) is 18.9.